The second-order valence-corrected chi connectivity index (χ2v) is 3.64. The lowest BCUT2D eigenvalue weighted by Crippen LogP contribution is -2.16. The molecule has 0 aliphatic carbocycles. The molecule has 15 heavy (non-hydrogen) atoms. The first-order valence-corrected chi connectivity index (χ1v) is 4.79. The van der Waals surface area contributed by atoms with E-state index in [1.165, 1.54) is 0 Å². The van der Waals surface area contributed by atoms with Gasteiger partial charge in [-0.1, -0.05) is 18.2 Å². The maximum absolute atomic E-state index is 11.7. The lowest BCUT2D eigenvalue weighted by molar-refractivity contribution is 0.0972. The van der Waals surface area contributed by atoms with Gasteiger partial charge in [0.25, 0.3) is 0 Å². The Labute approximate surface area is 90.1 Å². The summed E-state index contributed by atoms with van der Waals surface area (Å²) in [6.45, 7) is 7.59. The molecule has 0 amide bonds. The lowest BCUT2D eigenvalue weighted by Gasteiger charge is -2.08. The molecule has 78 valence electrons. The van der Waals surface area contributed by atoms with E-state index in [-0.39, 0.29) is 5.78 Å². The molecule has 0 aromatic heterocycles. The average Bonchev–Trinajstić information content (AvgIpc) is 2.26. The van der Waals surface area contributed by atoms with Crippen LogP contribution in [0.25, 0.3) is 4.85 Å². The van der Waals surface area contributed by atoms with Gasteiger partial charge in [-0.25, -0.2) is 4.85 Å². The summed E-state index contributed by atoms with van der Waals surface area (Å²) in [6, 6.07) is 6.85. The molecule has 0 saturated heterocycles. The largest absolute Gasteiger partial charge is 0.309 e. The van der Waals surface area contributed by atoms with Crippen molar-refractivity contribution in [2.24, 2.45) is 0 Å². The van der Waals surface area contributed by atoms with Crippen molar-refractivity contribution in [1.82, 2.24) is 4.90 Å². The highest BCUT2D eigenvalue weighted by molar-refractivity contribution is 5.97. The van der Waals surface area contributed by atoms with Gasteiger partial charge in [0.2, 0.25) is 0 Å². The Morgan fingerprint density at radius 3 is 2.80 bits per heavy atom. The fraction of sp³-hybridized carbons (Fsp3) is 0.333. The summed E-state index contributed by atoms with van der Waals surface area (Å²) >= 11 is 0. The number of nitrogens with zero attached hydrogens (tertiary/aromatic N) is 2. The first kappa shape index (κ1) is 11.4. The highest BCUT2D eigenvalue weighted by Crippen LogP contribution is 2.15. The van der Waals surface area contributed by atoms with Gasteiger partial charge in [-0.15, -0.1) is 0 Å². The van der Waals surface area contributed by atoms with E-state index in [4.69, 9.17) is 6.57 Å². The second-order valence-electron chi connectivity index (χ2n) is 3.64. The van der Waals surface area contributed by atoms with Gasteiger partial charge in [-0.05, 0) is 20.2 Å². The molecule has 0 aliphatic rings. The summed E-state index contributed by atoms with van der Waals surface area (Å²) in [6.07, 6.45) is 0.494. The fourth-order valence-corrected chi connectivity index (χ4v) is 1.22. The van der Waals surface area contributed by atoms with E-state index >= 15 is 0 Å². The summed E-state index contributed by atoms with van der Waals surface area (Å²) < 4.78 is 0. The Hall–Kier alpha value is -1.66. The van der Waals surface area contributed by atoms with Crippen molar-refractivity contribution >= 4 is 11.5 Å². The monoisotopic (exact) mass is 202 g/mol. The average molecular weight is 202 g/mol. The molecule has 3 nitrogen and oxygen atoms in total. The minimum atomic E-state index is 0.0919. The molecule has 3 heteroatoms. The van der Waals surface area contributed by atoms with Crippen LogP contribution in [-0.4, -0.2) is 31.3 Å². The van der Waals surface area contributed by atoms with Gasteiger partial charge >= 0.3 is 0 Å². The summed E-state index contributed by atoms with van der Waals surface area (Å²) in [5.74, 6) is 0.0919. The van der Waals surface area contributed by atoms with Gasteiger partial charge in [0.15, 0.2) is 11.5 Å². The maximum Gasteiger partial charge on any atom is 0.187 e. The van der Waals surface area contributed by atoms with Crippen molar-refractivity contribution in [3.05, 3.63) is 41.2 Å². The molecule has 0 saturated carbocycles. The summed E-state index contributed by atoms with van der Waals surface area (Å²) in [5.41, 5.74) is 1.15. The quantitative estimate of drug-likeness (QED) is 0.553. The molecule has 0 radical (unpaired) electrons. The molecule has 0 heterocycles. The maximum atomic E-state index is 11.7. The predicted molar refractivity (Wildman–Crippen MR) is 60.2 cm³/mol. The van der Waals surface area contributed by atoms with Crippen LogP contribution in [-0.2, 0) is 0 Å². The minimum absolute atomic E-state index is 0.0919. The normalized spacial score (nSPS) is 10.0. The van der Waals surface area contributed by atoms with E-state index < -0.39 is 0 Å². The second kappa shape index (κ2) is 5.28. The molecule has 0 unspecified atom stereocenters. The Morgan fingerprint density at radius 2 is 2.20 bits per heavy atom. The van der Waals surface area contributed by atoms with Crippen LogP contribution in [0, 0.1) is 6.57 Å². The number of ketones is 1. The van der Waals surface area contributed by atoms with E-state index in [2.05, 4.69) is 4.85 Å². The van der Waals surface area contributed by atoms with Crippen LogP contribution in [0.5, 0.6) is 0 Å². The van der Waals surface area contributed by atoms with Crippen LogP contribution < -0.4 is 0 Å². The molecule has 0 N–H and O–H groups in total. The number of Topliss-reactive ketones (excluding diaryl/α,β-unsaturated/α-hetero) is 1. The van der Waals surface area contributed by atoms with Gasteiger partial charge in [-0.2, -0.15) is 0 Å². The highest BCUT2D eigenvalue weighted by atomic mass is 16.1. The van der Waals surface area contributed by atoms with Crippen LogP contribution in [0.4, 0.5) is 5.69 Å². The third-order valence-electron chi connectivity index (χ3n) is 2.08. The van der Waals surface area contributed by atoms with Gasteiger partial charge < -0.3 is 4.90 Å². The molecule has 0 aliphatic heterocycles. The zero-order valence-corrected chi connectivity index (χ0v) is 9.03. The van der Waals surface area contributed by atoms with E-state index in [0.717, 1.165) is 6.54 Å². The number of rotatable bonds is 4. The number of hydrogen-bond acceptors (Lipinski definition) is 2. The Bertz CT molecular complexity index is 391. The molecule has 0 spiro atoms. The first-order chi connectivity index (χ1) is 7.13. The number of carbonyl (C=O) groups excluding carboxylic acids is 1. The van der Waals surface area contributed by atoms with Crippen LogP contribution >= 0.6 is 0 Å². The summed E-state index contributed by atoms with van der Waals surface area (Å²) in [7, 11) is 3.87. The van der Waals surface area contributed by atoms with Crippen LogP contribution in [0.3, 0.4) is 0 Å². The zero-order chi connectivity index (χ0) is 11.3. The molecular formula is C12H14N2O. The van der Waals surface area contributed by atoms with E-state index in [0.29, 0.717) is 17.7 Å². The van der Waals surface area contributed by atoms with Crippen molar-refractivity contribution in [3.8, 4) is 0 Å². The smallest absolute Gasteiger partial charge is 0.187 e. The lowest BCUT2D eigenvalue weighted by atomic mass is 10.1. The zero-order valence-electron chi connectivity index (χ0n) is 9.03. The SMILES string of the molecule is [C-]#[N+]c1cccc(C(=O)CCN(C)C)c1. The Morgan fingerprint density at radius 1 is 1.47 bits per heavy atom. The van der Waals surface area contributed by atoms with Gasteiger partial charge in [0.1, 0.15) is 0 Å². The highest BCUT2D eigenvalue weighted by Gasteiger charge is 2.06. The fourth-order valence-electron chi connectivity index (χ4n) is 1.22. The van der Waals surface area contributed by atoms with Crippen LogP contribution in [0.1, 0.15) is 16.8 Å². The molecular weight excluding hydrogens is 188 g/mol. The van der Waals surface area contributed by atoms with Crippen LogP contribution in [0.15, 0.2) is 24.3 Å². The predicted octanol–water partition coefficient (Wildman–Crippen LogP) is 2.37. The Kier molecular flexibility index (Phi) is 4.02. The summed E-state index contributed by atoms with van der Waals surface area (Å²) in [4.78, 5) is 17.0. The van der Waals surface area contributed by atoms with E-state index in [1.807, 2.05) is 19.0 Å². The number of hydrogen-bond donors (Lipinski definition) is 0. The van der Waals surface area contributed by atoms with E-state index in [9.17, 15) is 4.79 Å². The first-order valence-electron chi connectivity index (χ1n) is 4.79. The van der Waals surface area contributed by atoms with Crippen LogP contribution in [0.2, 0.25) is 0 Å². The van der Waals surface area contributed by atoms with Gasteiger partial charge in [0, 0.05) is 18.5 Å². The van der Waals surface area contributed by atoms with Crippen molar-refractivity contribution in [2.45, 2.75) is 6.42 Å². The molecule has 1 rings (SSSR count). The van der Waals surface area contributed by atoms with Crippen molar-refractivity contribution in [3.63, 3.8) is 0 Å². The van der Waals surface area contributed by atoms with Gasteiger partial charge in [0.05, 0.1) is 6.57 Å². The van der Waals surface area contributed by atoms with E-state index in [1.54, 1.807) is 24.3 Å². The number of carbonyl (C=O) groups is 1. The molecule has 0 atom stereocenters. The third-order valence-corrected chi connectivity index (χ3v) is 2.08. The topological polar surface area (TPSA) is 24.7 Å². The molecule has 0 bridgehead atoms. The Balaban J connectivity index is 2.70. The van der Waals surface area contributed by atoms with Crippen molar-refractivity contribution in [1.29, 1.82) is 0 Å². The molecule has 1 aromatic carbocycles. The molecule has 1 aromatic rings. The van der Waals surface area contributed by atoms with Crippen molar-refractivity contribution < 1.29 is 4.79 Å². The van der Waals surface area contributed by atoms with Gasteiger partial charge in [-0.3, -0.25) is 4.79 Å². The molecule has 0 fully saturated rings. The third kappa shape index (κ3) is 3.53. The van der Waals surface area contributed by atoms with Crippen molar-refractivity contribution in [2.75, 3.05) is 20.6 Å². The number of benzene rings is 1. The minimum Gasteiger partial charge on any atom is -0.309 e. The standard InChI is InChI=1S/C12H14N2O/c1-13-11-6-4-5-10(9-11)12(15)7-8-14(2)3/h4-6,9H,7-8H2,2-3H3. The summed E-state index contributed by atoms with van der Waals surface area (Å²) in [5, 5.41) is 0.